The van der Waals surface area contributed by atoms with Gasteiger partial charge in [0.25, 0.3) is 0 Å². The van der Waals surface area contributed by atoms with Crippen molar-refractivity contribution in [3.8, 4) is 28.5 Å². The molecule has 0 radical (unpaired) electrons. The molecule has 0 unspecified atom stereocenters. The molecule has 1 amide bonds. The third-order valence-electron chi connectivity index (χ3n) is 5.35. The molecule has 1 aliphatic rings. The molecule has 3 heterocycles. The van der Waals surface area contributed by atoms with Crippen molar-refractivity contribution in [2.75, 3.05) is 12.3 Å². The van der Waals surface area contributed by atoms with Gasteiger partial charge in [0, 0.05) is 48.2 Å². The lowest BCUT2D eigenvalue weighted by atomic mass is 9.90. The number of amides is 1. The second kappa shape index (κ2) is 7.95. The molecule has 8 heteroatoms. The largest absolute Gasteiger partial charge is 0.383 e. The molecule has 1 aromatic carbocycles. The molecule has 30 heavy (non-hydrogen) atoms. The molecule has 0 fully saturated rings. The Bertz CT molecular complexity index is 1150. The Morgan fingerprint density at radius 1 is 1.37 bits per heavy atom. The van der Waals surface area contributed by atoms with Crippen molar-refractivity contribution in [2.24, 2.45) is 0 Å². The average molecular weight is 404 g/mol. The van der Waals surface area contributed by atoms with Crippen molar-refractivity contribution >= 4 is 11.7 Å². The van der Waals surface area contributed by atoms with E-state index in [1.807, 2.05) is 6.92 Å². The number of nitrogen functional groups attached to an aromatic ring is 1. The molecule has 3 N–H and O–H groups in total. The van der Waals surface area contributed by atoms with Gasteiger partial charge in [0.15, 0.2) is 0 Å². The van der Waals surface area contributed by atoms with E-state index in [1.54, 1.807) is 23.2 Å². The normalized spacial score (nSPS) is 13.0. The van der Waals surface area contributed by atoms with Gasteiger partial charge in [-0.1, -0.05) is 6.92 Å². The van der Waals surface area contributed by atoms with Crippen LogP contribution in [-0.2, 0) is 17.8 Å². The molecule has 0 saturated heterocycles. The van der Waals surface area contributed by atoms with E-state index < -0.39 is 0 Å². The molecule has 0 saturated carbocycles. The number of aromatic amines is 1. The van der Waals surface area contributed by atoms with Crippen molar-refractivity contribution in [2.45, 2.75) is 32.7 Å². The van der Waals surface area contributed by atoms with E-state index in [0.29, 0.717) is 42.8 Å². The maximum atomic E-state index is 13.4. The first-order valence-corrected chi connectivity index (χ1v) is 9.82. The summed E-state index contributed by atoms with van der Waals surface area (Å²) in [7, 11) is 0. The number of nitrogens with one attached hydrogen (secondary N) is 1. The van der Waals surface area contributed by atoms with Crippen LogP contribution in [-0.4, -0.2) is 32.5 Å². The monoisotopic (exact) mass is 404 g/mol. The lowest BCUT2D eigenvalue weighted by Gasteiger charge is -2.30. The summed E-state index contributed by atoms with van der Waals surface area (Å²) in [5.41, 5.74) is 10.6. The number of nitriles is 1. The van der Waals surface area contributed by atoms with Gasteiger partial charge in [0.1, 0.15) is 23.3 Å². The molecule has 7 nitrogen and oxygen atoms in total. The van der Waals surface area contributed by atoms with Crippen molar-refractivity contribution in [1.29, 1.82) is 5.26 Å². The molecule has 152 valence electrons. The number of anilines is 1. The zero-order valence-electron chi connectivity index (χ0n) is 16.6. The van der Waals surface area contributed by atoms with Gasteiger partial charge in [0.05, 0.1) is 17.6 Å². The highest BCUT2D eigenvalue weighted by atomic mass is 19.1. The molecule has 0 bridgehead atoms. The number of fused-ring (bicyclic) bond motifs is 1. The lowest BCUT2D eigenvalue weighted by molar-refractivity contribution is -0.132. The summed E-state index contributed by atoms with van der Waals surface area (Å²) < 4.78 is 13.4. The van der Waals surface area contributed by atoms with E-state index in [-0.39, 0.29) is 23.1 Å². The second-order valence-corrected chi connectivity index (χ2v) is 7.26. The van der Waals surface area contributed by atoms with Gasteiger partial charge >= 0.3 is 0 Å². The number of halogens is 1. The fourth-order valence-corrected chi connectivity index (χ4v) is 3.89. The van der Waals surface area contributed by atoms with Crippen molar-refractivity contribution < 1.29 is 9.18 Å². The SMILES string of the molecule is CCCC(=O)N1CCc2nc(N)c(C#N)c(-c3cn[nH]c3-c3ccc(F)cc3)c2C1. The van der Waals surface area contributed by atoms with Crippen LogP contribution >= 0.6 is 0 Å². The Labute approximate surface area is 173 Å². The molecular formula is C22H21FN6O. The standard InChI is InChI=1S/C22H21FN6O/c1-2-3-19(30)29-9-8-18-17(12-29)20(15(10-24)22(25)27-18)16-11-26-28-21(16)13-4-6-14(23)7-5-13/h4-7,11H,2-3,8-9,12H2,1H3,(H2,25,27)(H,26,28). The molecule has 4 rings (SSSR count). The summed E-state index contributed by atoms with van der Waals surface area (Å²) in [5.74, 6) is -0.102. The molecule has 0 aliphatic carbocycles. The second-order valence-electron chi connectivity index (χ2n) is 7.26. The Morgan fingerprint density at radius 2 is 2.13 bits per heavy atom. The molecule has 1 aliphatic heterocycles. The van der Waals surface area contributed by atoms with Crippen LogP contribution in [0, 0.1) is 17.1 Å². The Morgan fingerprint density at radius 3 is 2.83 bits per heavy atom. The highest BCUT2D eigenvalue weighted by Gasteiger charge is 2.29. The number of benzene rings is 1. The first-order chi connectivity index (χ1) is 14.5. The third kappa shape index (κ3) is 3.39. The Kier molecular flexibility index (Phi) is 5.19. The average Bonchev–Trinajstić information content (AvgIpc) is 3.22. The summed E-state index contributed by atoms with van der Waals surface area (Å²) in [6.07, 6.45) is 3.44. The van der Waals surface area contributed by atoms with E-state index in [9.17, 15) is 14.4 Å². The topological polar surface area (TPSA) is 112 Å². The highest BCUT2D eigenvalue weighted by Crippen LogP contribution is 2.39. The van der Waals surface area contributed by atoms with Crippen LogP contribution in [0.2, 0.25) is 0 Å². The number of carbonyl (C=O) groups is 1. The number of rotatable bonds is 4. The van der Waals surface area contributed by atoms with Crippen LogP contribution in [0.1, 0.15) is 36.6 Å². The van der Waals surface area contributed by atoms with Crippen molar-refractivity contribution in [1.82, 2.24) is 20.1 Å². The third-order valence-corrected chi connectivity index (χ3v) is 5.35. The number of nitrogens with zero attached hydrogens (tertiary/aromatic N) is 4. The zero-order chi connectivity index (χ0) is 21.3. The minimum atomic E-state index is -0.340. The van der Waals surface area contributed by atoms with Crippen LogP contribution in [0.4, 0.5) is 10.2 Å². The smallest absolute Gasteiger partial charge is 0.222 e. The first-order valence-electron chi connectivity index (χ1n) is 9.82. The van der Waals surface area contributed by atoms with Gasteiger partial charge in [-0.3, -0.25) is 9.89 Å². The fourth-order valence-electron chi connectivity index (χ4n) is 3.89. The Balaban J connectivity index is 1.88. The summed E-state index contributed by atoms with van der Waals surface area (Å²) >= 11 is 0. The minimum absolute atomic E-state index is 0.0791. The van der Waals surface area contributed by atoms with Gasteiger partial charge in [-0.2, -0.15) is 10.4 Å². The van der Waals surface area contributed by atoms with Gasteiger partial charge in [-0.15, -0.1) is 0 Å². The van der Waals surface area contributed by atoms with E-state index >= 15 is 0 Å². The number of pyridine rings is 1. The quantitative estimate of drug-likeness (QED) is 0.692. The van der Waals surface area contributed by atoms with E-state index in [1.165, 1.54) is 12.1 Å². The van der Waals surface area contributed by atoms with Gasteiger partial charge < -0.3 is 10.6 Å². The molecule has 2 aromatic heterocycles. The number of aromatic nitrogens is 3. The maximum Gasteiger partial charge on any atom is 0.222 e. The summed E-state index contributed by atoms with van der Waals surface area (Å²) in [4.78, 5) is 18.8. The van der Waals surface area contributed by atoms with Crippen LogP contribution in [0.25, 0.3) is 22.4 Å². The molecule has 0 spiro atoms. The van der Waals surface area contributed by atoms with Gasteiger partial charge in [-0.05, 0) is 30.7 Å². The number of carbonyl (C=O) groups excluding carboxylic acids is 1. The molecular weight excluding hydrogens is 383 g/mol. The zero-order valence-corrected chi connectivity index (χ0v) is 16.6. The number of hydrogen-bond acceptors (Lipinski definition) is 5. The van der Waals surface area contributed by atoms with Gasteiger partial charge in [0.2, 0.25) is 5.91 Å². The number of H-pyrrole nitrogens is 1. The van der Waals surface area contributed by atoms with Crippen LogP contribution in [0.3, 0.4) is 0 Å². The number of hydrogen-bond donors (Lipinski definition) is 2. The van der Waals surface area contributed by atoms with E-state index in [0.717, 1.165) is 23.2 Å². The van der Waals surface area contributed by atoms with Gasteiger partial charge in [-0.25, -0.2) is 9.37 Å². The Hall–Kier alpha value is -3.73. The minimum Gasteiger partial charge on any atom is -0.383 e. The molecule has 0 atom stereocenters. The van der Waals surface area contributed by atoms with Crippen LogP contribution in [0.15, 0.2) is 30.5 Å². The fraction of sp³-hybridized carbons (Fsp3) is 0.273. The summed E-state index contributed by atoms with van der Waals surface area (Å²) in [6, 6.07) is 8.19. The number of nitrogens with two attached hydrogens (primary N) is 1. The van der Waals surface area contributed by atoms with E-state index in [4.69, 9.17) is 5.73 Å². The highest BCUT2D eigenvalue weighted by molar-refractivity contribution is 5.88. The van der Waals surface area contributed by atoms with Crippen LogP contribution in [0.5, 0.6) is 0 Å². The first kappa shape index (κ1) is 19.6. The summed E-state index contributed by atoms with van der Waals surface area (Å²) in [6.45, 7) is 2.90. The lowest BCUT2D eigenvalue weighted by Crippen LogP contribution is -2.36. The predicted molar refractivity (Wildman–Crippen MR) is 110 cm³/mol. The van der Waals surface area contributed by atoms with Crippen LogP contribution < -0.4 is 5.73 Å². The predicted octanol–water partition coefficient (Wildman–Crippen LogP) is 3.42. The summed E-state index contributed by atoms with van der Waals surface area (Å²) in [5, 5.41) is 16.9. The maximum absolute atomic E-state index is 13.4. The van der Waals surface area contributed by atoms with Crippen molar-refractivity contribution in [3.63, 3.8) is 0 Å². The van der Waals surface area contributed by atoms with Crippen molar-refractivity contribution in [3.05, 3.63) is 53.1 Å². The van der Waals surface area contributed by atoms with E-state index in [2.05, 4.69) is 21.3 Å². The molecule has 3 aromatic rings.